The highest BCUT2D eigenvalue weighted by molar-refractivity contribution is 6.30. The van der Waals surface area contributed by atoms with Crippen molar-refractivity contribution in [1.82, 2.24) is 30.2 Å². The average molecular weight is 947 g/mol. The quantitative estimate of drug-likeness (QED) is 0.0926. The van der Waals surface area contributed by atoms with Crippen molar-refractivity contribution in [3.8, 4) is 11.5 Å². The molecule has 0 fully saturated rings. The fraction of sp³-hybridized carbons (Fsp3) is 0.288. The molecule has 0 aromatic heterocycles. The molecule has 5 aromatic carbocycles. The maximum Gasteiger partial charge on any atom is 0.412 e. The monoisotopic (exact) mass is 946 g/mol. The predicted molar refractivity (Wildman–Crippen MR) is 285 cm³/mol. The van der Waals surface area contributed by atoms with Crippen molar-refractivity contribution in [2.45, 2.75) is 41.5 Å². The number of aryl methyl sites for hydroxylation is 6. The summed E-state index contributed by atoms with van der Waals surface area (Å²) in [5.74, 6) is 0.971. The highest BCUT2D eigenvalue weighted by Crippen LogP contribution is 2.25. The van der Waals surface area contributed by atoms with Crippen LogP contribution >= 0.6 is 11.6 Å². The molecule has 2 N–H and O–H groups in total. The Morgan fingerprint density at radius 3 is 1.26 bits per heavy atom. The number of ether oxygens (including phenoxy) is 2. The third-order valence-corrected chi connectivity index (χ3v) is 8.96. The first-order valence-electron chi connectivity index (χ1n) is 21.5. The third-order valence-electron chi connectivity index (χ3n) is 8.73. The van der Waals surface area contributed by atoms with Crippen molar-refractivity contribution in [2.75, 3.05) is 63.4 Å². The molecule has 0 heterocycles. The van der Waals surface area contributed by atoms with Gasteiger partial charge in [-0.1, -0.05) is 53.1 Å². The van der Waals surface area contributed by atoms with Crippen LogP contribution in [0.5, 0.6) is 11.5 Å². The van der Waals surface area contributed by atoms with Crippen molar-refractivity contribution in [3.05, 3.63) is 135 Å². The Balaban J connectivity index is 0.000000317. The fourth-order valence-electron chi connectivity index (χ4n) is 5.32. The van der Waals surface area contributed by atoms with E-state index < -0.39 is 12.2 Å². The molecule has 0 atom stereocenters. The fourth-order valence-corrected chi connectivity index (χ4v) is 5.54. The van der Waals surface area contributed by atoms with Gasteiger partial charge < -0.3 is 39.7 Å². The number of carbonyl (C=O) groups is 2. The summed E-state index contributed by atoms with van der Waals surface area (Å²) in [6.07, 6.45) is 7.77. The molecule has 68 heavy (non-hydrogen) atoms. The summed E-state index contributed by atoms with van der Waals surface area (Å²) in [6.45, 7) is 12.2. The van der Waals surface area contributed by atoms with E-state index in [2.05, 4.69) is 87.6 Å². The lowest BCUT2D eigenvalue weighted by molar-refractivity contribution is 0.202. The number of nitrogens with one attached hydrogen (secondary N) is 2. The van der Waals surface area contributed by atoms with E-state index in [1.165, 1.54) is 36.3 Å². The highest BCUT2D eigenvalue weighted by atomic mass is 35.5. The maximum atomic E-state index is 11.0. The van der Waals surface area contributed by atoms with Gasteiger partial charge in [0.05, 0.1) is 60.1 Å². The Morgan fingerprint density at radius 1 is 0.471 bits per heavy atom. The minimum Gasteiger partial charge on any atom is -0.410 e. The van der Waals surface area contributed by atoms with Crippen molar-refractivity contribution in [1.29, 1.82) is 0 Å². The van der Waals surface area contributed by atoms with Crippen LogP contribution in [0.2, 0.25) is 5.02 Å². The zero-order valence-electron chi connectivity index (χ0n) is 42.2. The van der Waals surface area contributed by atoms with E-state index in [1.54, 1.807) is 62.0 Å². The van der Waals surface area contributed by atoms with Crippen LogP contribution in [0.3, 0.4) is 0 Å². The summed E-state index contributed by atoms with van der Waals surface area (Å²) in [6, 6.07) is 30.5. The van der Waals surface area contributed by atoms with Crippen LogP contribution in [0.15, 0.2) is 122 Å². The Bertz CT molecular complexity index is 2470. The lowest BCUT2D eigenvalue weighted by Crippen LogP contribution is -2.21. The zero-order chi connectivity index (χ0) is 50.8. The van der Waals surface area contributed by atoms with Crippen molar-refractivity contribution in [3.63, 3.8) is 0 Å². The second-order valence-electron chi connectivity index (χ2n) is 16.0. The summed E-state index contributed by atoms with van der Waals surface area (Å²) >= 11 is 5.82. The van der Waals surface area contributed by atoms with Crippen molar-refractivity contribution >= 4 is 83.9 Å². The molecule has 362 valence electrons. The first-order valence-corrected chi connectivity index (χ1v) is 21.9. The molecule has 15 nitrogen and oxygen atoms in total. The Kier molecular flexibility index (Phi) is 24.9. The van der Waals surface area contributed by atoms with Gasteiger partial charge in [0.25, 0.3) is 0 Å². The topological polar surface area (TPSA) is 151 Å². The second kappa shape index (κ2) is 29.9. The normalized spacial score (nSPS) is 10.8. The van der Waals surface area contributed by atoms with Crippen LogP contribution in [0.25, 0.3) is 0 Å². The molecule has 0 aliphatic rings. The summed E-state index contributed by atoms with van der Waals surface area (Å²) in [5.41, 5.74) is 11.4. The van der Waals surface area contributed by atoms with Gasteiger partial charge in [0.1, 0.15) is 11.5 Å². The number of carbonyl (C=O) groups excluding carboxylic acids is 2. The SMILES string of the molecule is CNC(=O)Oc1ccc(N=CN(C)C)c(C)c1.CNC(=O)Oc1cccc(N=CN(C)C)c1.Cc1cc(Cl)ccc1N=CN(C)C.Cc1ccc(N=CN(C)C=Nc2ccc(C)cc2C)c(C)c1. The molecule has 5 rings (SSSR count). The first-order chi connectivity index (χ1) is 32.2. The van der Waals surface area contributed by atoms with Gasteiger partial charge in [-0.2, -0.15) is 0 Å². The van der Waals surface area contributed by atoms with Crippen LogP contribution < -0.4 is 20.1 Å². The van der Waals surface area contributed by atoms with Gasteiger partial charge in [-0.15, -0.1) is 0 Å². The molecule has 0 spiro atoms. The lowest BCUT2D eigenvalue weighted by atomic mass is 10.1. The first kappa shape index (κ1) is 56.6. The molecule has 0 bridgehead atoms. The smallest absolute Gasteiger partial charge is 0.410 e. The van der Waals surface area contributed by atoms with Crippen LogP contribution in [0.4, 0.5) is 38.0 Å². The predicted octanol–water partition coefficient (Wildman–Crippen LogP) is 11.3. The standard InChI is InChI=1S/C19H23N3.C12H17N3O2.C11H15N3O2.C10H13ClN2/c1-14-6-8-18(16(3)10-14)20-12-22(5)13-21-19-9-7-15(2)11-17(19)4;1-9-7-10(17-12(16)13-2)5-6-11(9)14-8-15(3)4;1-12-11(15)16-10-6-4-5-9(7-10)13-8-14(2)3;1-8-6-9(11)4-5-10(8)12-7-13(2)3/h6-13H,1-5H3;5-8H,1-4H3,(H,13,16);4-8H,1-3H3,(H,12,15);4-7H,1-3H3. The van der Waals surface area contributed by atoms with E-state index in [9.17, 15) is 9.59 Å². The zero-order valence-corrected chi connectivity index (χ0v) is 42.9. The van der Waals surface area contributed by atoms with E-state index in [0.717, 1.165) is 44.6 Å². The molecule has 0 radical (unpaired) electrons. The summed E-state index contributed by atoms with van der Waals surface area (Å²) in [4.78, 5) is 51.2. The summed E-state index contributed by atoms with van der Waals surface area (Å²) in [7, 11) is 16.4. The molecule has 0 aliphatic carbocycles. The molecule has 5 aromatic rings. The molecular weight excluding hydrogens is 878 g/mol. The van der Waals surface area contributed by atoms with Crippen LogP contribution in [0.1, 0.15) is 33.4 Å². The molecule has 0 aliphatic heterocycles. The van der Waals surface area contributed by atoms with Gasteiger partial charge in [-0.05, 0) is 124 Å². The number of rotatable bonds is 12. The Hall–Kier alpha value is -7.52. The number of nitrogens with zero attached hydrogens (tertiary/aromatic N) is 9. The maximum absolute atomic E-state index is 11.0. The summed E-state index contributed by atoms with van der Waals surface area (Å²) in [5, 5.41) is 5.52. The molecule has 16 heteroatoms. The number of amides is 2. The molecule has 0 unspecified atom stereocenters. The minimum atomic E-state index is -0.492. The van der Waals surface area contributed by atoms with Crippen LogP contribution in [-0.2, 0) is 0 Å². The van der Waals surface area contributed by atoms with Gasteiger partial charge in [0.2, 0.25) is 0 Å². The number of halogens is 1. The van der Waals surface area contributed by atoms with Gasteiger partial charge in [0.15, 0.2) is 0 Å². The molecular formula is C52H68ClN11O4. The number of benzene rings is 5. The van der Waals surface area contributed by atoms with E-state index >= 15 is 0 Å². The number of hydrogen-bond acceptors (Lipinski definition) is 9. The van der Waals surface area contributed by atoms with E-state index in [1.807, 2.05) is 125 Å². The number of hydrogen-bond donors (Lipinski definition) is 2. The molecule has 0 saturated heterocycles. The molecule has 0 saturated carbocycles. The van der Waals surface area contributed by atoms with Gasteiger partial charge in [-0.25, -0.2) is 34.6 Å². The van der Waals surface area contributed by atoms with E-state index in [4.69, 9.17) is 21.1 Å². The summed E-state index contributed by atoms with van der Waals surface area (Å²) < 4.78 is 9.99. The second-order valence-corrected chi connectivity index (χ2v) is 16.5. The van der Waals surface area contributed by atoms with Crippen LogP contribution in [0, 0.1) is 41.5 Å². The third kappa shape index (κ3) is 23.1. The number of aliphatic imine (C=N–C) groups is 5. The van der Waals surface area contributed by atoms with E-state index in [0.29, 0.717) is 11.5 Å². The average Bonchev–Trinajstić information content (AvgIpc) is 3.27. The van der Waals surface area contributed by atoms with Gasteiger partial charge in [-0.3, -0.25) is 0 Å². The molecule has 2 amide bonds. The highest BCUT2D eigenvalue weighted by Gasteiger charge is 2.05. The van der Waals surface area contributed by atoms with Gasteiger partial charge >= 0.3 is 12.2 Å². The largest absolute Gasteiger partial charge is 0.412 e. The van der Waals surface area contributed by atoms with Gasteiger partial charge in [0, 0.05) is 74.5 Å². The Morgan fingerprint density at radius 2 is 0.853 bits per heavy atom. The Labute approximate surface area is 408 Å². The van der Waals surface area contributed by atoms with Crippen molar-refractivity contribution in [2.24, 2.45) is 25.0 Å². The van der Waals surface area contributed by atoms with E-state index in [-0.39, 0.29) is 0 Å². The van der Waals surface area contributed by atoms with Crippen LogP contribution in [-0.4, -0.2) is 127 Å². The van der Waals surface area contributed by atoms with Crippen molar-refractivity contribution < 1.29 is 19.1 Å². The minimum absolute atomic E-state index is 0.466. The lowest BCUT2D eigenvalue weighted by Gasteiger charge is -2.07.